The monoisotopic (exact) mass is 984 g/mol. The van der Waals surface area contributed by atoms with Crippen LogP contribution in [0.2, 0.25) is 0 Å². The van der Waals surface area contributed by atoms with Gasteiger partial charge < -0.3 is 36.6 Å². The highest BCUT2D eigenvalue weighted by Gasteiger charge is 2.28. The second kappa shape index (κ2) is 21.9. The fraction of sp³-hybridized carbons (Fsp3) is 0.158. The molecule has 1 aliphatic rings. The molecular weight excluding hydrogens is 933 g/mol. The quantitative estimate of drug-likeness (QED) is 0.0768. The number of hydrogen-bond acceptors (Lipinski definition) is 11. The first-order valence-electron chi connectivity index (χ1n) is 24.2. The van der Waals surface area contributed by atoms with Crippen molar-refractivity contribution in [3.05, 3.63) is 193 Å². The van der Waals surface area contributed by atoms with Crippen LogP contribution >= 0.6 is 0 Å². The molecule has 1 aliphatic heterocycles. The van der Waals surface area contributed by atoms with Crippen molar-refractivity contribution >= 4 is 90.0 Å². The lowest BCUT2D eigenvalue weighted by atomic mass is 10.0. The molecule has 1 unspecified atom stereocenters. The van der Waals surface area contributed by atoms with E-state index >= 15 is 0 Å². The number of benzene rings is 6. The lowest BCUT2D eigenvalue weighted by Crippen LogP contribution is -2.39. The van der Waals surface area contributed by atoms with Gasteiger partial charge >= 0.3 is 23.6 Å². The highest BCUT2D eigenvalue weighted by molar-refractivity contribution is 6.40. The number of H-pyrrole nitrogens is 1. The highest BCUT2D eigenvalue weighted by atomic mass is 16.5. The number of aromatic nitrogens is 6. The Labute approximate surface area is 425 Å². The molecular formula is C57H52N12O5. The van der Waals surface area contributed by atoms with E-state index in [1.165, 1.54) is 18.6 Å². The summed E-state index contributed by atoms with van der Waals surface area (Å²) in [6, 6.07) is 47.2. The normalized spacial score (nSPS) is 13.3. The van der Waals surface area contributed by atoms with E-state index < -0.39 is 23.6 Å². The van der Waals surface area contributed by atoms with E-state index in [0.29, 0.717) is 45.6 Å². The predicted molar refractivity (Wildman–Crippen MR) is 286 cm³/mol. The number of anilines is 4. The van der Waals surface area contributed by atoms with Crippen LogP contribution in [0.1, 0.15) is 47.7 Å². The Kier molecular flexibility index (Phi) is 14.2. The second-order valence-corrected chi connectivity index (χ2v) is 17.9. The minimum atomic E-state index is -0.765. The third-order valence-corrected chi connectivity index (χ3v) is 13.0. The van der Waals surface area contributed by atoms with Gasteiger partial charge in [-0.3, -0.25) is 24.3 Å². The van der Waals surface area contributed by atoms with Crippen LogP contribution < -0.4 is 22.1 Å². The van der Waals surface area contributed by atoms with E-state index in [1.54, 1.807) is 20.7 Å². The lowest BCUT2D eigenvalue weighted by Gasteiger charge is -2.25. The number of rotatable bonds is 11. The van der Waals surface area contributed by atoms with Gasteiger partial charge in [-0.1, -0.05) is 146 Å². The molecule has 4 aromatic heterocycles. The number of aromatic amines is 1. The van der Waals surface area contributed by atoms with Crippen LogP contribution in [0.15, 0.2) is 170 Å². The summed E-state index contributed by atoms with van der Waals surface area (Å²) < 4.78 is 7.66. The molecule has 0 radical (unpaired) electrons. The van der Waals surface area contributed by atoms with Crippen LogP contribution in [0.5, 0.6) is 0 Å². The summed E-state index contributed by atoms with van der Waals surface area (Å²) in [4.78, 5) is 65.1. The second-order valence-electron chi connectivity index (χ2n) is 17.9. The van der Waals surface area contributed by atoms with Crippen molar-refractivity contribution in [2.45, 2.75) is 51.7 Å². The zero-order chi connectivity index (χ0) is 51.0. The molecule has 1 fully saturated rings. The lowest BCUT2D eigenvalue weighted by molar-refractivity contribution is -0.144. The Morgan fingerprint density at radius 1 is 0.568 bits per heavy atom. The van der Waals surface area contributed by atoms with Crippen LogP contribution in [-0.2, 0) is 50.1 Å². The molecule has 0 saturated carbocycles. The molecule has 6 aromatic carbocycles. The van der Waals surface area contributed by atoms with E-state index in [4.69, 9.17) is 16.2 Å². The minimum absolute atomic E-state index is 0.270. The van der Waals surface area contributed by atoms with Crippen molar-refractivity contribution in [1.29, 1.82) is 0 Å². The van der Waals surface area contributed by atoms with Gasteiger partial charge in [-0.25, -0.2) is 14.6 Å². The van der Waals surface area contributed by atoms with Crippen LogP contribution in [0.25, 0.3) is 43.4 Å². The molecule has 1 atom stereocenters. The number of carbonyl (C=O) groups excluding carboxylic acids is 4. The maximum absolute atomic E-state index is 13.7. The molecule has 4 amide bonds. The van der Waals surface area contributed by atoms with E-state index in [0.717, 1.165) is 63.1 Å². The first-order valence-corrected chi connectivity index (χ1v) is 24.2. The molecule has 11 rings (SSSR count). The van der Waals surface area contributed by atoms with Crippen molar-refractivity contribution in [2.24, 2.45) is 0 Å². The zero-order valence-electron chi connectivity index (χ0n) is 40.2. The number of amides is 4. The first-order chi connectivity index (χ1) is 36.2. The number of carbonyl (C=O) groups is 4. The third-order valence-electron chi connectivity index (χ3n) is 13.0. The molecule has 10 aromatic rings. The van der Waals surface area contributed by atoms with Gasteiger partial charge in [0, 0.05) is 32.8 Å². The molecule has 0 bridgehead atoms. The number of fused-ring (bicyclic) bond motifs is 4. The average molecular weight is 985 g/mol. The average Bonchev–Trinajstić information content (AvgIpc) is 4.14. The molecule has 74 heavy (non-hydrogen) atoms. The maximum atomic E-state index is 13.7. The van der Waals surface area contributed by atoms with Crippen molar-refractivity contribution in [3.8, 4) is 0 Å². The van der Waals surface area contributed by atoms with Gasteiger partial charge in [0.05, 0.1) is 52.5 Å². The molecule has 1 saturated heterocycles. The topological polar surface area (TPSA) is 232 Å². The van der Waals surface area contributed by atoms with Crippen LogP contribution in [0.4, 0.5) is 23.0 Å². The SMILES string of the molecule is Nc1ncc(NC(=O)C(=O)N(Cc2ccccc2)Cc2cccc3ccccc23)c2[nH]ncc12.Nc1ncc(NC(=O)C(=O)N(Cc2ccccc2)Cc2cccc3ccccc23)c2c1cnn2C1CCCCO1. The third kappa shape index (κ3) is 10.6. The van der Waals surface area contributed by atoms with Crippen molar-refractivity contribution in [2.75, 3.05) is 28.7 Å². The van der Waals surface area contributed by atoms with Gasteiger partial charge in [-0.15, -0.1) is 0 Å². The van der Waals surface area contributed by atoms with Gasteiger partial charge in [-0.2, -0.15) is 10.2 Å². The number of nitrogens with zero attached hydrogens (tertiary/aromatic N) is 7. The Morgan fingerprint density at radius 2 is 1.08 bits per heavy atom. The first kappa shape index (κ1) is 48.2. The zero-order valence-corrected chi connectivity index (χ0v) is 40.2. The van der Waals surface area contributed by atoms with Gasteiger partial charge in [0.1, 0.15) is 17.2 Å². The van der Waals surface area contributed by atoms with E-state index in [9.17, 15) is 19.2 Å². The van der Waals surface area contributed by atoms with E-state index in [1.807, 2.05) is 146 Å². The molecule has 17 nitrogen and oxygen atoms in total. The Hall–Kier alpha value is -9.48. The minimum Gasteiger partial charge on any atom is -0.383 e. The van der Waals surface area contributed by atoms with E-state index in [-0.39, 0.29) is 38.2 Å². The number of nitrogens with two attached hydrogens (primary N) is 2. The van der Waals surface area contributed by atoms with Crippen molar-refractivity contribution in [1.82, 2.24) is 39.7 Å². The van der Waals surface area contributed by atoms with Gasteiger partial charge in [-0.05, 0) is 63.1 Å². The molecule has 370 valence electrons. The number of pyridine rings is 2. The molecule has 5 heterocycles. The van der Waals surface area contributed by atoms with Crippen LogP contribution in [-0.4, -0.2) is 70.0 Å². The maximum Gasteiger partial charge on any atom is 0.314 e. The molecule has 7 N–H and O–H groups in total. The number of hydrogen-bond donors (Lipinski definition) is 5. The predicted octanol–water partition coefficient (Wildman–Crippen LogP) is 8.89. The molecule has 0 aliphatic carbocycles. The molecule has 17 heteroatoms. The molecule has 0 spiro atoms. The Balaban J connectivity index is 0.000000172. The summed E-state index contributed by atoms with van der Waals surface area (Å²) in [5.41, 5.74) is 17.6. The van der Waals surface area contributed by atoms with Gasteiger partial charge in [0.15, 0.2) is 6.23 Å². The van der Waals surface area contributed by atoms with Crippen LogP contribution in [0.3, 0.4) is 0 Å². The Bertz CT molecular complexity index is 3640. The van der Waals surface area contributed by atoms with Gasteiger partial charge in [0.25, 0.3) is 0 Å². The summed E-state index contributed by atoms with van der Waals surface area (Å²) >= 11 is 0. The summed E-state index contributed by atoms with van der Waals surface area (Å²) in [5, 5.41) is 22.1. The van der Waals surface area contributed by atoms with Crippen LogP contribution in [0, 0.1) is 0 Å². The summed E-state index contributed by atoms with van der Waals surface area (Å²) in [7, 11) is 0. The van der Waals surface area contributed by atoms with E-state index in [2.05, 4.69) is 35.9 Å². The summed E-state index contributed by atoms with van der Waals surface area (Å²) in [6.07, 6.45) is 8.54. The fourth-order valence-electron chi connectivity index (χ4n) is 9.28. The highest BCUT2D eigenvalue weighted by Crippen LogP contribution is 2.33. The Morgan fingerprint density at radius 3 is 1.65 bits per heavy atom. The van der Waals surface area contributed by atoms with Gasteiger partial charge in [0.2, 0.25) is 0 Å². The number of nitrogen functional groups attached to an aromatic ring is 2. The van der Waals surface area contributed by atoms with Crippen molar-refractivity contribution < 1.29 is 23.9 Å². The fourth-order valence-corrected chi connectivity index (χ4v) is 9.28. The summed E-state index contributed by atoms with van der Waals surface area (Å²) in [5.74, 6) is -2.25. The largest absolute Gasteiger partial charge is 0.383 e. The number of nitrogens with one attached hydrogen (secondary N) is 3. The number of ether oxygens (including phenoxy) is 1. The smallest absolute Gasteiger partial charge is 0.314 e. The van der Waals surface area contributed by atoms with Crippen molar-refractivity contribution in [3.63, 3.8) is 0 Å². The standard InChI is InChI=1S/C31H30N6O3.C26H22N6O2/c32-29-25-17-34-37(27-15-6-7-16-40-27)28(25)26(18-33-29)35-30(38)31(39)36(19-21-9-2-1-3-10-21)20-23-13-8-12-22-11-4-5-14-24(22)23;27-24-21-13-29-31-23(21)22(14-28-24)30-25(33)26(34)32(15-17-7-2-1-3-8-17)16-19-11-6-10-18-9-4-5-12-20(18)19/h1-5,8-14,17-18,27H,6-7,15-16,19-20H2,(H2,32,33)(H,35,38);1-14H,15-16H2,(H2,27,28)(H,29,31)(H,30,33). The summed E-state index contributed by atoms with van der Waals surface area (Å²) in [6.45, 7) is 1.75.